The van der Waals surface area contributed by atoms with Crippen LogP contribution in [0.5, 0.6) is 0 Å². The monoisotopic (exact) mass is 318 g/mol. The maximum atomic E-state index is 12.2. The molecule has 0 radical (unpaired) electrons. The van der Waals surface area contributed by atoms with Gasteiger partial charge in [-0.3, -0.25) is 14.9 Å². The fourth-order valence-electron chi connectivity index (χ4n) is 2.04. The van der Waals surface area contributed by atoms with Gasteiger partial charge in [-0.2, -0.15) is 0 Å². The van der Waals surface area contributed by atoms with Crippen molar-refractivity contribution in [1.82, 2.24) is 4.90 Å². The maximum Gasteiger partial charge on any atom is 0.269 e. The van der Waals surface area contributed by atoms with Crippen molar-refractivity contribution < 1.29 is 9.72 Å². The topological polar surface area (TPSA) is 63.5 Å². The van der Waals surface area contributed by atoms with Gasteiger partial charge in [0.15, 0.2) is 0 Å². The number of non-ortho nitro benzene ring substituents is 1. The Balaban J connectivity index is 1.97. The number of amides is 1. The van der Waals surface area contributed by atoms with Gasteiger partial charge in [0.05, 0.1) is 11.3 Å². The van der Waals surface area contributed by atoms with Crippen LogP contribution in [0, 0.1) is 10.1 Å². The standard InChI is InChI=1S/C16H15ClN2O3/c1-18(11-13-3-2-4-14(17)9-13)16(20)10-12-5-7-15(8-6-12)19(21)22/h2-9H,10-11H2,1H3. The number of benzene rings is 2. The molecule has 0 aliphatic heterocycles. The molecule has 2 aromatic carbocycles. The second kappa shape index (κ2) is 7.04. The van der Waals surface area contributed by atoms with Crippen molar-refractivity contribution in [1.29, 1.82) is 0 Å². The molecular formula is C16H15ClN2O3. The van der Waals surface area contributed by atoms with E-state index in [1.54, 1.807) is 30.1 Å². The number of hydrogen-bond donors (Lipinski definition) is 0. The number of rotatable bonds is 5. The summed E-state index contributed by atoms with van der Waals surface area (Å²) >= 11 is 5.92. The van der Waals surface area contributed by atoms with Crippen LogP contribution < -0.4 is 0 Å². The summed E-state index contributed by atoms with van der Waals surface area (Å²) in [7, 11) is 1.72. The van der Waals surface area contributed by atoms with Gasteiger partial charge in [-0.15, -0.1) is 0 Å². The Hall–Kier alpha value is -2.40. The van der Waals surface area contributed by atoms with E-state index >= 15 is 0 Å². The van der Waals surface area contributed by atoms with E-state index in [9.17, 15) is 14.9 Å². The number of carbonyl (C=O) groups is 1. The van der Waals surface area contributed by atoms with E-state index in [0.29, 0.717) is 11.6 Å². The van der Waals surface area contributed by atoms with Gasteiger partial charge in [-0.05, 0) is 23.3 Å². The molecule has 5 nitrogen and oxygen atoms in total. The van der Waals surface area contributed by atoms with E-state index in [0.717, 1.165) is 11.1 Å². The van der Waals surface area contributed by atoms with Crippen LogP contribution in [-0.2, 0) is 17.8 Å². The normalized spacial score (nSPS) is 10.3. The minimum atomic E-state index is -0.461. The van der Waals surface area contributed by atoms with Crippen molar-refractivity contribution in [2.75, 3.05) is 7.05 Å². The van der Waals surface area contributed by atoms with Gasteiger partial charge in [0.2, 0.25) is 5.91 Å². The smallest absolute Gasteiger partial charge is 0.269 e. The number of likely N-dealkylation sites (N-methyl/N-ethyl adjacent to an activating group) is 1. The predicted molar refractivity (Wildman–Crippen MR) is 84.7 cm³/mol. The van der Waals surface area contributed by atoms with E-state index in [-0.39, 0.29) is 18.0 Å². The molecule has 6 heteroatoms. The van der Waals surface area contributed by atoms with Gasteiger partial charge >= 0.3 is 0 Å². The Kier molecular flexibility index (Phi) is 5.12. The average Bonchev–Trinajstić information content (AvgIpc) is 2.47. The molecule has 0 fully saturated rings. The van der Waals surface area contributed by atoms with Crippen molar-refractivity contribution in [3.63, 3.8) is 0 Å². The molecule has 0 heterocycles. The fourth-order valence-corrected chi connectivity index (χ4v) is 2.26. The zero-order valence-corrected chi connectivity index (χ0v) is 12.8. The number of halogens is 1. The van der Waals surface area contributed by atoms with Gasteiger partial charge in [-0.25, -0.2) is 0 Å². The van der Waals surface area contributed by atoms with Crippen molar-refractivity contribution in [2.45, 2.75) is 13.0 Å². The summed E-state index contributed by atoms with van der Waals surface area (Å²) in [4.78, 5) is 23.9. The van der Waals surface area contributed by atoms with E-state index in [4.69, 9.17) is 11.6 Å². The number of nitro benzene ring substituents is 1. The van der Waals surface area contributed by atoms with Crippen LogP contribution >= 0.6 is 11.6 Å². The fraction of sp³-hybridized carbons (Fsp3) is 0.188. The highest BCUT2D eigenvalue weighted by molar-refractivity contribution is 6.30. The molecule has 2 aromatic rings. The summed E-state index contributed by atoms with van der Waals surface area (Å²) in [5, 5.41) is 11.2. The molecule has 0 unspecified atom stereocenters. The predicted octanol–water partition coefficient (Wildman–Crippen LogP) is 3.45. The molecular weight excluding hydrogens is 304 g/mol. The lowest BCUT2D eigenvalue weighted by Crippen LogP contribution is -2.27. The quantitative estimate of drug-likeness (QED) is 0.626. The highest BCUT2D eigenvalue weighted by Crippen LogP contribution is 2.15. The molecule has 0 saturated heterocycles. The molecule has 0 aliphatic carbocycles. The third kappa shape index (κ3) is 4.30. The van der Waals surface area contributed by atoms with Crippen LogP contribution in [-0.4, -0.2) is 22.8 Å². The maximum absolute atomic E-state index is 12.2. The van der Waals surface area contributed by atoms with Crippen molar-refractivity contribution in [2.24, 2.45) is 0 Å². The average molecular weight is 319 g/mol. The highest BCUT2D eigenvalue weighted by Gasteiger charge is 2.12. The second-order valence-electron chi connectivity index (χ2n) is 4.98. The van der Waals surface area contributed by atoms with E-state index in [1.807, 2.05) is 18.2 Å². The summed E-state index contributed by atoms with van der Waals surface area (Å²) < 4.78 is 0. The van der Waals surface area contributed by atoms with Crippen LogP contribution in [0.3, 0.4) is 0 Å². The molecule has 1 amide bonds. The van der Waals surface area contributed by atoms with Gasteiger partial charge in [-0.1, -0.05) is 35.9 Å². The summed E-state index contributed by atoms with van der Waals surface area (Å²) in [5.74, 6) is -0.0613. The van der Waals surface area contributed by atoms with Crippen molar-refractivity contribution >= 4 is 23.2 Å². The molecule has 0 aliphatic rings. The Morgan fingerprint density at radius 1 is 1.18 bits per heavy atom. The third-order valence-corrected chi connectivity index (χ3v) is 3.47. The zero-order valence-electron chi connectivity index (χ0n) is 12.0. The van der Waals surface area contributed by atoms with Gasteiger partial charge < -0.3 is 4.90 Å². The SMILES string of the molecule is CN(Cc1cccc(Cl)c1)C(=O)Cc1ccc([N+](=O)[O-])cc1. The molecule has 114 valence electrons. The lowest BCUT2D eigenvalue weighted by atomic mass is 10.1. The van der Waals surface area contributed by atoms with E-state index in [2.05, 4.69) is 0 Å². The molecule has 22 heavy (non-hydrogen) atoms. The number of carbonyl (C=O) groups excluding carboxylic acids is 1. The van der Waals surface area contributed by atoms with Crippen LogP contribution in [0.4, 0.5) is 5.69 Å². The third-order valence-electron chi connectivity index (χ3n) is 3.24. The first kappa shape index (κ1) is 16.0. The molecule has 0 atom stereocenters. The molecule has 0 N–H and O–H groups in total. The summed E-state index contributed by atoms with van der Waals surface area (Å²) in [6, 6.07) is 13.3. The van der Waals surface area contributed by atoms with Crippen LogP contribution in [0.25, 0.3) is 0 Å². The summed E-state index contributed by atoms with van der Waals surface area (Å²) in [6.45, 7) is 0.465. The van der Waals surface area contributed by atoms with E-state index < -0.39 is 4.92 Å². The summed E-state index contributed by atoms with van der Waals surface area (Å²) in [5.41, 5.74) is 1.71. The number of nitro groups is 1. The lowest BCUT2D eigenvalue weighted by molar-refractivity contribution is -0.384. The lowest BCUT2D eigenvalue weighted by Gasteiger charge is -2.17. The minimum Gasteiger partial charge on any atom is -0.341 e. The largest absolute Gasteiger partial charge is 0.341 e. The van der Waals surface area contributed by atoms with Gasteiger partial charge in [0.1, 0.15) is 0 Å². The Labute approximate surface area is 133 Å². The molecule has 0 spiro atoms. The van der Waals surface area contributed by atoms with Gasteiger partial charge in [0, 0.05) is 30.7 Å². The minimum absolute atomic E-state index is 0.0171. The van der Waals surface area contributed by atoms with Crippen LogP contribution in [0.2, 0.25) is 5.02 Å². The molecule has 0 saturated carbocycles. The first-order chi connectivity index (χ1) is 10.5. The Morgan fingerprint density at radius 2 is 1.86 bits per heavy atom. The first-order valence-electron chi connectivity index (χ1n) is 6.67. The number of hydrogen-bond acceptors (Lipinski definition) is 3. The van der Waals surface area contributed by atoms with Crippen molar-refractivity contribution in [3.05, 3.63) is 74.8 Å². The van der Waals surface area contributed by atoms with Crippen LogP contribution in [0.15, 0.2) is 48.5 Å². The summed E-state index contributed by atoms with van der Waals surface area (Å²) in [6.07, 6.45) is 0.203. The van der Waals surface area contributed by atoms with Gasteiger partial charge in [0.25, 0.3) is 5.69 Å². The number of nitrogens with zero attached hydrogens (tertiary/aromatic N) is 2. The Morgan fingerprint density at radius 3 is 2.45 bits per heavy atom. The van der Waals surface area contributed by atoms with Crippen molar-refractivity contribution in [3.8, 4) is 0 Å². The molecule has 2 rings (SSSR count). The second-order valence-corrected chi connectivity index (χ2v) is 5.42. The van der Waals surface area contributed by atoms with Crippen LogP contribution in [0.1, 0.15) is 11.1 Å². The highest BCUT2D eigenvalue weighted by atomic mass is 35.5. The molecule has 0 bridgehead atoms. The zero-order chi connectivity index (χ0) is 16.1. The van der Waals surface area contributed by atoms with E-state index in [1.165, 1.54) is 12.1 Å². The Bertz CT molecular complexity index is 686. The first-order valence-corrected chi connectivity index (χ1v) is 7.05. The molecule has 0 aromatic heterocycles.